The van der Waals surface area contributed by atoms with Gasteiger partial charge in [-0.2, -0.15) is 0 Å². The van der Waals surface area contributed by atoms with E-state index in [0.717, 1.165) is 38.5 Å². The maximum absolute atomic E-state index is 14.2. The highest BCUT2D eigenvalue weighted by Crippen LogP contribution is 2.20. The minimum absolute atomic E-state index is 0.0405. The van der Waals surface area contributed by atoms with E-state index in [-0.39, 0.29) is 25.7 Å². The molecular formula is C40H48N8O6. The van der Waals surface area contributed by atoms with E-state index < -0.39 is 59.8 Å². The molecule has 0 saturated heterocycles. The lowest BCUT2D eigenvalue weighted by Gasteiger charge is -2.26. The van der Waals surface area contributed by atoms with Gasteiger partial charge in [0.25, 0.3) is 0 Å². The number of carbonyl (C=O) groups is 5. The number of benzene rings is 3. The van der Waals surface area contributed by atoms with E-state index in [1.807, 2.05) is 54.6 Å². The van der Waals surface area contributed by atoms with E-state index in [9.17, 15) is 29.1 Å². The molecule has 5 rings (SSSR count). The van der Waals surface area contributed by atoms with Crippen LogP contribution in [0.4, 0.5) is 0 Å². The van der Waals surface area contributed by atoms with Gasteiger partial charge in [-0.05, 0) is 68.0 Å². The lowest BCUT2D eigenvalue weighted by Crippen LogP contribution is -2.59. The minimum atomic E-state index is -1.20. The summed E-state index contributed by atoms with van der Waals surface area (Å²) < 4.78 is 0. The second kappa shape index (κ2) is 18.7. The number of para-hydroxylation sites is 2. The van der Waals surface area contributed by atoms with Crippen LogP contribution in [0.2, 0.25) is 0 Å². The van der Waals surface area contributed by atoms with Gasteiger partial charge in [0.1, 0.15) is 24.2 Å². The summed E-state index contributed by atoms with van der Waals surface area (Å²) in [6.45, 7) is 1.88. The number of hydrogen-bond acceptors (Lipinski definition) is 7. The van der Waals surface area contributed by atoms with Gasteiger partial charge in [0.05, 0.1) is 6.04 Å². The van der Waals surface area contributed by atoms with Gasteiger partial charge in [0, 0.05) is 47.0 Å². The summed E-state index contributed by atoms with van der Waals surface area (Å²) in [6, 6.07) is 18.6. The lowest BCUT2D eigenvalue weighted by molar-refractivity contribution is -0.142. The number of carboxylic acid groups (broad SMARTS) is 1. The minimum Gasteiger partial charge on any atom is -0.480 e. The number of nitrogens with two attached hydrogens (primary N) is 2. The third-order valence-electron chi connectivity index (χ3n) is 9.41. The third kappa shape index (κ3) is 10.3. The van der Waals surface area contributed by atoms with Crippen LogP contribution in [0.15, 0.2) is 91.3 Å². The van der Waals surface area contributed by atoms with Crippen LogP contribution in [0.1, 0.15) is 42.9 Å². The number of unbranched alkanes of at least 4 members (excludes halogenated alkanes) is 1. The molecule has 0 fully saturated rings. The molecule has 0 saturated carbocycles. The molecule has 5 aromatic rings. The van der Waals surface area contributed by atoms with Gasteiger partial charge >= 0.3 is 5.97 Å². The fourth-order valence-corrected chi connectivity index (χ4v) is 6.40. The summed E-state index contributed by atoms with van der Waals surface area (Å²) in [6.07, 6.45) is 5.13. The standard InChI is InChI=1S/C40H48N8O6/c1-24(45-37(50)30(42)20-26-22-43-31-15-7-5-13-28(26)31)36(49)47-35(21-27-23-44-32-16-8-6-14-29(27)32)39(52)48-34(19-25-11-3-2-4-12-25)38(51)46-33(40(53)54)17-9-10-18-41/h2-8,11-16,22-24,30,33-35,43-44H,9-10,17-21,41-42H2,1H3,(H,45,50)(H,46,51)(H,47,49)(H,48,52)(H,53,54)/t24-,30+,33-,34+,35-/m0/s1. The maximum Gasteiger partial charge on any atom is 0.326 e. The fraction of sp³-hybridized carbons (Fsp3) is 0.325. The normalized spacial score (nSPS) is 14.1. The molecule has 0 unspecified atom stereocenters. The molecule has 0 aliphatic heterocycles. The number of carbonyl (C=O) groups excluding carboxylic acids is 4. The summed E-state index contributed by atoms with van der Waals surface area (Å²) in [4.78, 5) is 73.0. The molecule has 14 heteroatoms. The van der Waals surface area contributed by atoms with Crippen LogP contribution in [-0.2, 0) is 43.2 Å². The Morgan fingerprint density at radius 1 is 0.630 bits per heavy atom. The first kappa shape index (κ1) is 39.2. The Balaban J connectivity index is 1.33. The number of aliphatic carboxylic acids is 1. The molecule has 2 aromatic heterocycles. The lowest BCUT2D eigenvalue weighted by atomic mass is 10.0. The van der Waals surface area contributed by atoms with Crippen molar-refractivity contribution in [2.75, 3.05) is 6.54 Å². The van der Waals surface area contributed by atoms with E-state index in [1.165, 1.54) is 6.92 Å². The highest BCUT2D eigenvalue weighted by atomic mass is 16.4. The summed E-state index contributed by atoms with van der Waals surface area (Å²) in [5.41, 5.74) is 15.9. The quantitative estimate of drug-likeness (QED) is 0.0569. The van der Waals surface area contributed by atoms with Crippen molar-refractivity contribution >= 4 is 51.4 Å². The molecule has 5 atom stereocenters. The molecular weight excluding hydrogens is 688 g/mol. The molecule has 4 amide bonds. The van der Waals surface area contributed by atoms with E-state index in [4.69, 9.17) is 11.5 Å². The second-order valence-corrected chi connectivity index (χ2v) is 13.5. The first-order valence-corrected chi connectivity index (χ1v) is 18.1. The molecule has 0 spiro atoms. The monoisotopic (exact) mass is 736 g/mol. The zero-order chi connectivity index (χ0) is 38.6. The number of aromatic nitrogens is 2. The summed E-state index contributed by atoms with van der Waals surface area (Å²) in [5.74, 6) is -3.74. The van der Waals surface area contributed by atoms with Gasteiger partial charge in [-0.1, -0.05) is 66.7 Å². The van der Waals surface area contributed by atoms with Crippen molar-refractivity contribution in [3.05, 3.63) is 108 Å². The first-order valence-electron chi connectivity index (χ1n) is 18.1. The second-order valence-electron chi connectivity index (χ2n) is 13.5. The van der Waals surface area contributed by atoms with Crippen molar-refractivity contribution in [1.82, 2.24) is 31.2 Å². The van der Waals surface area contributed by atoms with E-state index in [0.29, 0.717) is 19.4 Å². The molecule has 0 bridgehead atoms. The van der Waals surface area contributed by atoms with Gasteiger partial charge in [0.15, 0.2) is 0 Å². The molecule has 0 aliphatic rings. The highest BCUT2D eigenvalue weighted by molar-refractivity contribution is 5.96. The summed E-state index contributed by atoms with van der Waals surface area (Å²) in [5, 5.41) is 22.4. The van der Waals surface area contributed by atoms with Gasteiger partial charge in [-0.25, -0.2) is 4.79 Å². The van der Waals surface area contributed by atoms with Gasteiger partial charge in [-0.3, -0.25) is 19.2 Å². The number of fused-ring (bicyclic) bond motifs is 2. The number of aromatic amines is 2. The number of rotatable bonds is 19. The molecule has 284 valence electrons. The van der Waals surface area contributed by atoms with E-state index in [2.05, 4.69) is 31.2 Å². The summed E-state index contributed by atoms with van der Waals surface area (Å²) >= 11 is 0. The van der Waals surface area contributed by atoms with Crippen molar-refractivity contribution in [2.24, 2.45) is 11.5 Å². The Morgan fingerprint density at radius 2 is 1.15 bits per heavy atom. The highest BCUT2D eigenvalue weighted by Gasteiger charge is 2.32. The van der Waals surface area contributed by atoms with Crippen LogP contribution in [0.3, 0.4) is 0 Å². The fourth-order valence-electron chi connectivity index (χ4n) is 6.40. The van der Waals surface area contributed by atoms with Gasteiger partial charge < -0.3 is 47.8 Å². The Hall–Kier alpha value is -5.99. The number of carboxylic acids is 1. The average Bonchev–Trinajstić information content (AvgIpc) is 3.77. The predicted octanol–water partition coefficient (Wildman–Crippen LogP) is 2.18. The van der Waals surface area contributed by atoms with Crippen molar-refractivity contribution < 1.29 is 29.1 Å². The Bertz CT molecular complexity index is 2060. The van der Waals surface area contributed by atoms with Crippen LogP contribution in [0.25, 0.3) is 21.8 Å². The van der Waals surface area contributed by atoms with E-state index in [1.54, 1.807) is 36.7 Å². The number of nitrogens with one attached hydrogen (secondary N) is 6. The molecule has 54 heavy (non-hydrogen) atoms. The topological polar surface area (TPSA) is 237 Å². The molecule has 3 aromatic carbocycles. The average molecular weight is 737 g/mol. The molecule has 0 radical (unpaired) electrons. The molecule has 2 heterocycles. The Kier molecular flexibility index (Phi) is 13.6. The van der Waals surface area contributed by atoms with Crippen molar-refractivity contribution in [3.63, 3.8) is 0 Å². The number of hydrogen-bond donors (Lipinski definition) is 9. The van der Waals surface area contributed by atoms with Crippen LogP contribution in [0, 0.1) is 0 Å². The van der Waals surface area contributed by atoms with Gasteiger partial charge in [0.2, 0.25) is 23.6 Å². The van der Waals surface area contributed by atoms with Crippen molar-refractivity contribution in [3.8, 4) is 0 Å². The maximum atomic E-state index is 14.2. The summed E-state index contributed by atoms with van der Waals surface area (Å²) in [7, 11) is 0. The van der Waals surface area contributed by atoms with Crippen molar-refractivity contribution in [2.45, 2.75) is 75.7 Å². The van der Waals surface area contributed by atoms with E-state index >= 15 is 0 Å². The smallest absolute Gasteiger partial charge is 0.326 e. The number of H-pyrrole nitrogens is 2. The van der Waals surface area contributed by atoms with Crippen LogP contribution >= 0.6 is 0 Å². The number of amides is 4. The van der Waals surface area contributed by atoms with Crippen LogP contribution in [-0.4, -0.2) is 81.4 Å². The zero-order valence-corrected chi connectivity index (χ0v) is 30.1. The molecule has 0 aliphatic carbocycles. The molecule has 14 nitrogen and oxygen atoms in total. The Labute approximate surface area is 312 Å². The first-order chi connectivity index (χ1) is 26.0. The largest absolute Gasteiger partial charge is 0.480 e. The molecule has 11 N–H and O–H groups in total. The third-order valence-corrected chi connectivity index (χ3v) is 9.41. The SMILES string of the molecule is C[C@H](NC(=O)[C@H](N)Cc1c[nH]c2ccccc12)C(=O)N[C@@H](Cc1c[nH]c2ccccc12)C(=O)N[C@H](Cc1ccccc1)C(=O)N[C@@H](CCCCN)C(=O)O. The Morgan fingerprint density at radius 3 is 1.74 bits per heavy atom. The van der Waals surface area contributed by atoms with Gasteiger partial charge in [-0.15, -0.1) is 0 Å². The van der Waals surface area contributed by atoms with Crippen LogP contribution < -0.4 is 32.7 Å². The van der Waals surface area contributed by atoms with Crippen LogP contribution in [0.5, 0.6) is 0 Å². The predicted molar refractivity (Wildman–Crippen MR) is 206 cm³/mol. The zero-order valence-electron chi connectivity index (χ0n) is 30.1. The van der Waals surface area contributed by atoms with Crippen molar-refractivity contribution in [1.29, 1.82) is 0 Å².